The largest absolute Gasteiger partial charge is 2.00 e. The van der Waals surface area contributed by atoms with Crippen molar-refractivity contribution in [3.05, 3.63) is 90.6 Å². The first-order valence-electron chi connectivity index (χ1n) is 8.12. The van der Waals surface area contributed by atoms with Gasteiger partial charge in [-0.2, -0.15) is 24.3 Å². The van der Waals surface area contributed by atoms with Gasteiger partial charge in [-0.05, 0) is 23.3 Å². The molecule has 0 unspecified atom stereocenters. The molecule has 0 atom stereocenters. The molecule has 1 nitrogen and oxygen atoms in total. The fourth-order valence-corrected chi connectivity index (χ4v) is 3.18. The van der Waals surface area contributed by atoms with Crippen LogP contribution in [0.15, 0.2) is 72.9 Å². The number of pyridine rings is 1. The van der Waals surface area contributed by atoms with E-state index >= 15 is 0 Å². The smallest absolute Gasteiger partial charge is 0.227 e. The second kappa shape index (κ2) is 7.33. The predicted octanol–water partition coefficient (Wildman–Crippen LogP) is 4.90. The first kappa shape index (κ1) is 17.6. The molecule has 0 amide bonds. The van der Waals surface area contributed by atoms with Gasteiger partial charge in [0.05, 0.1) is 0 Å². The molecule has 0 radical (unpaired) electrons. The van der Waals surface area contributed by atoms with Crippen LogP contribution in [0.5, 0.6) is 0 Å². The van der Waals surface area contributed by atoms with Crippen LogP contribution in [-0.4, -0.2) is 0 Å². The third-order valence-electron chi connectivity index (χ3n) is 4.52. The van der Waals surface area contributed by atoms with E-state index < -0.39 is 0 Å². The van der Waals surface area contributed by atoms with E-state index in [1.165, 1.54) is 21.9 Å². The van der Waals surface area contributed by atoms with Crippen LogP contribution >= 0.6 is 0 Å². The Morgan fingerprint density at radius 1 is 0.840 bits per heavy atom. The van der Waals surface area contributed by atoms with Crippen LogP contribution in [0.25, 0.3) is 33.2 Å². The standard InChI is InChI=1S/C23H18N.W/c1-17-21-11-7-6-10-19(21)12-13-22(17)23-16-20(14-15-24(23)2)18-8-4-3-5-9-18;/h3-8,10-15H,1-2H3;/q-1;+2. The van der Waals surface area contributed by atoms with Crippen molar-refractivity contribution in [2.45, 2.75) is 6.92 Å². The summed E-state index contributed by atoms with van der Waals surface area (Å²) in [5.74, 6) is 0. The second-order valence-electron chi connectivity index (χ2n) is 6.05. The van der Waals surface area contributed by atoms with Crippen molar-refractivity contribution in [1.29, 1.82) is 0 Å². The Bertz CT molecular complexity index is 1020. The van der Waals surface area contributed by atoms with E-state index in [-0.39, 0.29) is 21.1 Å². The summed E-state index contributed by atoms with van der Waals surface area (Å²) in [6.45, 7) is 2.19. The second-order valence-corrected chi connectivity index (χ2v) is 6.05. The average Bonchev–Trinajstić information content (AvgIpc) is 2.64. The Balaban J connectivity index is 0.00000182. The molecule has 120 valence electrons. The zero-order valence-electron chi connectivity index (χ0n) is 14.3. The number of hydrogen-bond donors (Lipinski definition) is 0. The number of aromatic nitrogens is 1. The molecule has 0 aliphatic heterocycles. The molecular weight excluding hydrogens is 474 g/mol. The third kappa shape index (κ3) is 3.30. The maximum Gasteiger partial charge on any atom is 2.00 e. The number of nitrogens with zero attached hydrogens (tertiary/aromatic N) is 1. The average molecular weight is 492 g/mol. The Labute approximate surface area is 163 Å². The maximum absolute atomic E-state index is 3.58. The molecule has 1 aromatic heterocycles. The van der Waals surface area contributed by atoms with E-state index in [1.54, 1.807) is 0 Å². The first-order valence-corrected chi connectivity index (χ1v) is 8.12. The van der Waals surface area contributed by atoms with Gasteiger partial charge in [-0.1, -0.05) is 42.0 Å². The zero-order chi connectivity index (χ0) is 16.5. The van der Waals surface area contributed by atoms with Crippen molar-refractivity contribution in [1.82, 2.24) is 0 Å². The molecule has 0 fully saturated rings. The zero-order valence-corrected chi connectivity index (χ0v) is 17.2. The normalized spacial score (nSPS) is 10.5. The molecule has 0 bridgehead atoms. The molecule has 4 aromatic rings. The number of rotatable bonds is 2. The molecule has 0 saturated heterocycles. The minimum absolute atomic E-state index is 0. The molecule has 4 rings (SSSR count). The molecule has 25 heavy (non-hydrogen) atoms. The monoisotopic (exact) mass is 492 g/mol. The third-order valence-corrected chi connectivity index (χ3v) is 4.52. The molecule has 0 spiro atoms. The molecule has 0 N–H and O–H groups in total. The Hall–Kier alpha value is -2.24. The summed E-state index contributed by atoms with van der Waals surface area (Å²) >= 11 is 0. The van der Waals surface area contributed by atoms with Crippen LogP contribution in [0.4, 0.5) is 0 Å². The van der Waals surface area contributed by atoms with Crippen molar-refractivity contribution >= 4 is 10.8 Å². The van der Waals surface area contributed by atoms with Crippen molar-refractivity contribution in [2.75, 3.05) is 0 Å². The number of benzene rings is 3. The van der Waals surface area contributed by atoms with Gasteiger partial charge in [-0.3, -0.25) is 0 Å². The van der Waals surface area contributed by atoms with Crippen LogP contribution in [0.1, 0.15) is 5.56 Å². The van der Waals surface area contributed by atoms with Crippen molar-refractivity contribution in [3.8, 4) is 22.4 Å². The summed E-state index contributed by atoms with van der Waals surface area (Å²) in [5.41, 5.74) is 5.73. The molecule has 2 heteroatoms. The van der Waals surface area contributed by atoms with Gasteiger partial charge in [-0.15, -0.1) is 18.2 Å². The minimum Gasteiger partial charge on any atom is -0.227 e. The summed E-state index contributed by atoms with van der Waals surface area (Å²) in [6.07, 6.45) is 2.09. The van der Waals surface area contributed by atoms with Gasteiger partial charge < -0.3 is 0 Å². The molecule has 0 aliphatic carbocycles. The quantitative estimate of drug-likeness (QED) is 0.277. The molecule has 0 aliphatic rings. The van der Waals surface area contributed by atoms with Crippen molar-refractivity contribution in [3.63, 3.8) is 0 Å². The van der Waals surface area contributed by atoms with Crippen molar-refractivity contribution < 1.29 is 25.6 Å². The van der Waals surface area contributed by atoms with E-state index in [9.17, 15) is 0 Å². The van der Waals surface area contributed by atoms with Gasteiger partial charge in [0.2, 0.25) is 0 Å². The molecular formula is C23H18NW+. The number of aryl methyl sites for hydroxylation is 2. The summed E-state index contributed by atoms with van der Waals surface area (Å²) in [7, 11) is 2.07. The van der Waals surface area contributed by atoms with Crippen LogP contribution < -0.4 is 4.57 Å². The molecule has 1 heterocycles. The van der Waals surface area contributed by atoms with Gasteiger partial charge in [0.1, 0.15) is 18.9 Å². The number of hydrogen-bond acceptors (Lipinski definition) is 0. The first-order chi connectivity index (χ1) is 11.7. The van der Waals surface area contributed by atoms with E-state index in [0.29, 0.717) is 0 Å². The predicted molar refractivity (Wildman–Crippen MR) is 98.4 cm³/mol. The molecule has 3 aromatic carbocycles. The summed E-state index contributed by atoms with van der Waals surface area (Å²) in [5, 5.41) is 2.56. The molecule has 0 saturated carbocycles. The Morgan fingerprint density at radius 3 is 2.44 bits per heavy atom. The van der Waals surface area contributed by atoms with Crippen molar-refractivity contribution in [2.24, 2.45) is 7.05 Å². The Kier molecular flexibility index (Phi) is 5.16. The summed E-state index contributed by atoms with van der Waals surface area (Å²) in [4.78, 5) is 0. The summed E-state index contributed by atoms with van der Waals surface area (Å²) in [6, 6.07) is 29.9. The van der Waals surface area contributed by atoms with Gasteiger partial charge in [0.25, 0.3) is 0 Å². The van der Waals surface area contributed by atoms with E-state index in [1.807, 2.05) is 18.2 Å². The Morgan fingerprint density at radius 2 is 1.64 bits per heavy atom. The van der Waals surface area contributed by atoms with Gasteiger partial charge in [0.15, 0.2) is 0 Å². The van der Waals surface area contributed by atoms with E-state index in [0.717, 1.165) is 16.8 Å². The maximum atomic E-state index is 3.58. The fourth-order valence-electron chi connectivity index (χ4n) is 3.18. The van der Waals surface area contributed by atoms with Crippen LogP contribution in [0, 0.1) is 19.1 Å². The fraction of sp³-hybridized carbons (Fsp3) is 0.0870. The van der Waals surface area contributed by atoms with E-state index in [4.69, 9.17) is 0 Å². The van der Waals surface area contributed by atoms with Crippen LogP contribution in [0.2, 0.25) is 0 Å². The SMILES string of the molecule is Cc1c(-c2[c-]c(-c3[c-]cccc3)cc[n+]2C)ccc2ccccc12.[W+2]. The van der Waals surface area contributed by atoms with Gasteiger partial charge in [0, 0.05) is 0 Å². The van der Waals surface area contributed by atoms with Crippen LogP contribution in [-0.2, 0) is 28.1 Å². The number of fused-ring (bicyclic) bond motifs is 1. The minimum atomic E-state index is 0. The van der Waals surface area contributed by atoms with Gasteiger partial charge >= 0.3 is 21.1 Å². The van der Waals surface area contributed by atoms with Crippen LogP contribution in [0.3, 0.4) is 0 Å². The van der Waals surface area contributed by atoms with E-state index in [2.05, 4.69) is 85.4 Å². The summed E-state index contributed by atoms with van der Waals surface area (Å²) < 4.78 is 2.13. The van der Waals surface area contributed by atoms with Gasteiger partial charge in [-0.25, -0.2) is 15.7 Å². The topological polar surface area (TPSA) is 3.88 Å².